The van der Waals surface area contributed by atoms with Crippen molar-refractivity contribution in [3.8, 4) is 11.1 Å². The first-order valence-corrected chi connectivity index (χ1v) is 7.88. The summed E-state index contributed by atoms with van der Waals surface area (Å²) >= 11 is 0. The molecule has 3 aromatic rings. The molecule has 1 atom stereocenters. The fourth-order valence-electron chi connectivity index (χ4n) is 3.05. The molecule has 1 unspecified atom stereocenters. The number of hydrogen-bond donors (Lipinski definition) is 3. The Labute approximate surface area is 152 Å². The van der Waals surface area contributed by atoms with Gasteiger partial charge in [-0.1, -0.05) is 6.07 Å². The first-order valence-electron chi connectivity index (χ1n) is 7.88. The lowest BCUT2D eigenvalue weighted by Crippen LogP contribution is -2.41. The molecule has 4 rings (SSSR count). The molecule has 27 heavy (non-hydrogen) atoms. The lowest BCUT2D eigenvalue weighted by molar-refractivity contribution is 0.0697. The van der Waals surface area contributed by atoms with Crippen LogP contribution in [-0.2, 0) is 0 Å². The molecule has 0 aliphatic carbocycles. The number of halogens is 2. The molecule has 0 saturated heterocycles. The Morgan fingerprint density at radius 1 is 1.15 bits per heavy atom. The minimum atomic E-state index is -1.08. The molecule has 2 heterocycles. The van der Waals surface area contributed by atoms with Crippen LogP contribution in [0.15, 0.2) is 48.9 Å². The van der Waals surface area contributed by atoms with Gasteiger partial charge in [0.25, 0.3) is 0 Å². The van der Waals surface area contributed by atoms with Crippen LogP contribution < -0.4 is 16.2 Å². The van der Waals surface area contributed by atoms with Crippen molar-refractivity contribution in [2.75, 3.05) is 10.3 Å². The van der Waals surface area contributed by atoms with Crippen LogP contribution in [0.2, 0.25) is 0 Å². The van der Waals surface area contributed by atoms with Crippen LogP contribution in [0, 0.1) is 11.6 Å². The van der Waals surface area contributed by atoms with E-state index >= 15 is 0 Å². The quantitative estimate of drug-likeness (QED) is 0.482. The fraction of sp³-hybridized carbons (Fsp3) is 0.0556. The molecule has 0 saturated carbocycles. The van der Waals surface area contributed by atoms with Crippen molar-refractivity contribution >= 4 is 17.3 Å². The lowest BCUT2D eigenvalue weighted by atomic mass is 9.96. The van der Waals surface area contributed by atoms with Crippen molar-refractivity contribution in [1.82, 2.24) is 9.97 Å². The van der Waals surface area contributed by atoms with E-state index in [-0.39, 0.29) is 11.3 Å². The minimum Gasteiger partial charge on any atom is -0.478 e. The van der Waals surface area contributed by atoms with E-state index in [0.29, 0.717) is 22.5 Å². The number of nitrogens with zero attached hydrogens (tertiary/aromatic N) is 3. The number of carboxylic acid groups (broad SMARTS) is 1. The molecule has 1 aromatic heterocycles. The third-order valence-corrected chi connectivity index (χ3v) is 4.27. The van der Waals surface area contributed by atoms with Crippen LogP contribution in [0.1, 0.15) is 22.2 Å². The molecule has 0 bridgehead atoms. The maximum Gasteiger partial charge on any atom is 0.335 e. The predicted molar refractivity (Wildman–Crippen MR) is 93.8 cm³/mol. The van der Waals surface area contributed by atoms with Crippen LogP contribution >= 0.6 is 0 Å². The van der Waals surface area contributed by atoms with E-state index in [9.17, 15) is 18.7 Å². The van der Waals surface area contributed by atoms with E-state index < -0.39 is 23.8 Å². The minimum absolute atomic E-state index is 0.0840. The zero-order chi connectivity index (χ0) is 19.1. The number of nitrogens with one attached hydrogen (secondary N) is 1. The average molecular weight is 369 g/mol. The average Bonchev–Trinajstić information content (AvgIpc) is 2.65. The van der Waals surface area contributed by atoms with E-state index in [4.69, 9.17) is 5.84 Å². The summed E-state index contributed by atoms with van der Waals surface area (Å²) in [4.78, 5) is 19.5. The number of rotatable bonds is 3. The van der Waals surface area contributed by atoms with Crippen LogP contribution in [-0.4, -0.2) is 21.0 Å². The summed E-state index contributed by atoms with van der Waals surface area (Å²) in [5.74, 6) is 3.52. The van der Waals surface area contributed by atoms with Crippen molar-refractivity contribution in [1.29, 1.82) is 0 Å². The smallest absolute Gasteiger partial charge is 0.335 e. The van der Waals surface area contributed by atoms with Gasteiger partial charge in [0, 0.05) is 29.1 Å². The van der Waals surface area contributed by atoms with Gasteiger partial charge in [-0.25, -0.2) is 29.4 Å². The molecule has 0 spiro atoms. The third kappa shape index (κ3) is 2.93. The third-order valence-electron chi connectivity index (χ3n) is 4.27. The Kier molecular flexibility index (Phi) is 3.93. The van der Waals surface area contributed by atoms with E-state index in [1.54, 1.807) is 12.3 Å². The second-order valence-corrected chi connectivity index (χ2v) is 5.97. The maximum atomic E-state index is 13.6. The Morgan fingerprint density at radius 2 is 1.89 bits per heavy atom. The number of carboxylic acids is 1. The lowest BCUT2D eigenvalue weighted by Gasteiger charge is -2.35. The van der Waals surface area contributed by atoms with Crippen molar-refractivity contribution < 1.29 is 18.7 Å². The van der Waals surface area contributed by atoms with Gasteiger partial charge in [0.1, 0.15) is 18.0 Å². The SMILES string of the molecule is NN(c1cc(F)cc(F)c1)C1Nc2cc(C(=O)O)ccc2-c2cncnc21. The Hall–Kier alpha value is -3.59. The van der Waals surface area contributed by atoms with Crippen molar-refractivity contribution in [3.05, 3.63) is 71.8 Å². The topological polar surface area (TPSA) is 104 Å². The molecular weight excluding hydrogens is 356 g/mol. The van der Waals surface area contributed by atoms with E-state index in [1.165, 1.54) is 18.5 Å². The number of benzene rings is 2. The van der Waals surface area contributed by atoms with E-state index in [2.05, 4.69) is 15.3 Å². The molecule has 4 N–H and O–H groups in total. The standard InChI is InChI=1S/C18H13F2N5O2/c19-10-4-11(20)6-12(5-10)25(21)17-16-14(7-22-8-23-16)13-2-1-9(18(26)27)3-15(13)24-17/h1-8,17,24H,21H2,(H,26,27). The highest BCUT2D eigenvalue weighted by Gasteiger charge is 2.30. The first kappa shape index (κ1) is 16.9. The monoisotopic (exact) mass is 369 g/mol. The van der Waals surface area contributed by atoms with Gasteiger partial charge in [-0.3, -0.25) is 5.01 Å². The normalized spacial score (nSPS) is 14.7. The van der Waals surface area contributed by atoms with Crippen molar-refractivity contribution in [2.45, 2.75) is 6.17 Å². The number of hydrogen-bond acceptors (Lipinski definition) is 6. The highest BCUT2D eigenvalue weighted by molar-refractivity contribution is 5.93. The zero-order valence-electron chi connectivity index (χ0n) is 13.7. The van der Waals surface area contributed by atoms with Crippen molar-refractivity contribution in [2.24, 2.45) is 5.84 Å². The van der Waals surface area contributed by atoms with Gasteiger partial charge < -0.3 is 10.4 Å². The van der Waals surface area contributed by atoms with Gasteiger partial charge in [0.2, 0.25) is 0 Å². The number of aromatic carboxylic acids is 1. The number of anilines is 2. The summed E-state index contributed by atoms with van der Waals surface area (Å²) in [5.41, 5.74) is 2.50. The van der Waals surface area contributed by atoms with Gasteiger partial charge in [0.05, 0.1) is 16.9 Å². The Morgan fingerprint density at radius 3 is 2.59 bits per heavy atom. The molecule has 9 heteroatoms. The summed E-state index contributed by atoms with van der Waals surface area (Å²) in [6.07, 6.45) is 2.13. The molecule has 136 valence electrons. The van der Waals surface area contributed by atoms with E-state index in [1.807, 2.05) is 0 Å². The van der Waals surface area contributed by atoms with Crippen LogP contribution in [0.25, 0.3) is 11.1 Å². The second kappa shape index (κ2) is 6.29. The highest BCUT2D eigenvalue weighted by Crippen LogP contribution is 2.41. The summed E-state index contributed by atoms with van der Waals surface area (Å²) in [5, 5.41) is 13.4. The summed E-state index contributed by atoms with van der Waals surface area (Å²) in [7, 11) is 0. The number of carbonyl (C=O) groups is 1. The number of hydrazine groups is 1. The number of fused-ring (bicyclic) bond motifs is 3. The Balaban J connectivity index is 1.83. The molecule has 0 amide bonds. The van der Waals surface area contributed by atoms with Gasteiger partial charge in [-0.15, -0.1) is 0 Å². The fourth-order valence-corrected chi connectivity index (χ4v) is 3.05. The zero-order valence-corrected chi connectivity index (χ0v) is 13.7. The number of aromatic nitrogens is 2. The van der Waals surface area contributed by atoms with Crippen LogP contribution in [0.5, 0.6) is 0 Å². The molecular formula is C18H13F2N5O2. The largest absolute Gasteiger partial charge is 0.478 e. The summed E-state index contributed by atoms with van der Waals surface area (Å²) in [6, 6.07) is 7.51. The Bertz CT molecular complexity index is 1040. The summed E-state index contributed by atoms with van der Waals surface area (Å²) in [6.45, 7) is 0. The molecule has 7 nitrogen and oxygen atoms in total. The van der Waals surface area contributed by atoms with Crippen LogP contribution in [0.3, 0.4) is 0 Å². The maximum absolute atomic E-state index is 13.6. The molecule has 1 aliphatic heterocycles. The molecule has 2 aromatic carbocycles. The van der Waals surface area contributed by atoms with Gasteiger partial charge in [-0.05, 0) is 24.3 Å². The van der Waals surface area contributed by atoms with Crippen molar-refractivity contribution in [3.63, 3.8) is 0 Å². The van der Waals surface area contributed by atoms with Crippen LogP contribution in [0.4, 0.5) is 20.2 Å². The summed E-state index contributed by atoms with van der Waals surface area (Å²) < 4.78 is 27.2. The van der Waals surface area contributed by atoms with E-state index in [0.717, 1.165) is 23.2 Å². The van der Waals surface area contributed by atoms with Gasteiger partial charge in [-0.2, -0.15) is 0 Å². The second-order valence-electron chi connectivity index (χ2n) is 5.97. The van der Waals surface area contributed by atoms with Gasteiger partial charge in [0.15, 0.2) is 6.17 Å². The predicted octanol–water partition coefficient (Wildman–Crippen LogP) is 2.92. The molecule has 1 aliphatic rings. The molecule has 0 radical (unpaired) electrons. The first-order chi connectivity index (χ1) is 12.9. The highest BCUT2D eigenvalue weighted by atomic mass is 19.1. The van der Waals surface area contributed by atoms with Gasteiger partial charge >= 0.3 is 5.97 Å². The molecule has 0 fully saturated rings. The number of nitrogens with two attached hydrogens (primary N) is 1.